The van der Waals surface area contributed by atoms with Gasteiger partial charge in [0.05, 0.1) is 5.69 Å². The van der Waals surface area contributed by atoms with Crippen LogP contribution in [0.1, 0.15) is 23.2 Å². The van der Waals surface area contributed by atoms with Crippen LogP contribution in [0.2, 0.25) is 10.0 Å². The van der Waals surface area contributed by atoms with Crippen LogP contribution in [-0.4, -0.2) is 42.0 Å². The number of pyridine rings is 1. The van der Waals surface area contributed by atoms with Gasteiger partial charge >= 0.3 is 0 Å². The van der Waals surface area contributed by atoms with Crippen molar-refractivity contribution in [1.29, 1.82) is 0 Å². The molecule has 1 fully saturated rings. The third-order valence-corrected chi connectivity index (χ3v) is 5.55. The van der Waals surface area contributed by atoms with Crippen LogP contribution >= 0.6 is 23.2 Å². The molecule has 1 aromatic heterocycles. The predicted octanol–water partition coefficient (Wildman–Crippen LogP) is 5.67. The minimum Gasteiger partial charge on any atom is -0.439 e. The van der Waals surface area contributed by atoms with Crippen LogP contribution in [0.15, 0.2) is 60.7 Å². The Bertz CT molecular complexity index is 1050. The van der Waals surface area contributed by atoms with Gasteiger partial charge in [0.1, 0.15) is 5.75 Å². The molecular formula is C24H23Cl2N3O2. The van der Waals surface area contributed by atoms with Crippen LogP contribution in [0.25, 0.3) is 11.3 Å². The van der Waals surface area contributed by atoms with E-state index in [-0.39, 0.29) is 5.91 Å². The minimum atomic E-state index is -0.0815. The molecule has 0 atom stereocenters. The number of ether oxygens (including phenoxy) is 1. The lowest BCUT2D eigenvalue weighted by molar-refractivity contribution is 0.0950. The molecule has 2 heterocycles. The van der Waals surface area contributed by atoms with Crippen molar-refractivity contribution in [3.63, 3.8) is 0 Å². The van der Waals surface area contributed by atoms with Gasteiger partial charge in [-0.15, -0.1) is 0 Å². The van der Waals surface area contributed by atoms with Crippen LogP contribution in [0.4, 0.5) is 0 Å². The second kappa shape index (κ2) is 10.1. The van der Waals surface area contributed by atoms with Crippen LogP contribution < -0.4 is 10.1 Å². The first kappa shape index (κ1) is 21.6. The predicted molar refractivity (Wildman–Crippen MR) is 124 cm³/mol. The molecule has 31 heavy (non-hydrogen) atoms. The molecule has 0 unspecified atom stereocenters. The summed E-state index contributed by atoms with van der Waals surface area (Å²) in [5.74, 6) is 0.839. The molecule has 0 saturated carbocycles. The van der Waals surface area contributed by atoms with E-state index >= 15 is 0 Å². The fourth-order valence-electron chi connectivity index (χ4n) is 3.60. The number of rotatable bonds is 7. The van der Waals surface area contributed by atoms with Crippen molar-refractivity contribution < 1.29 is 9.53 Å². The van der Waals surface area contributed by atoms with Gasteiger partial charge in [0.25, 0.3) is 5.91 Å². The number of carbonyl (C=O) groups excluding carboxylic acids is 1. The molecular weight excluding hydrogens is 433 g/mol. The third-order valence-electron chi connectivity index (χ3n) is 5.11. The lowest BCUT2D eigenvalue weighted by Gasteiger charge is -2.14. The first-order valence-corrected chi connectivity index (χ1v) is 11.0. The van der Waals surface area contributed by atoms with Crippen LogP contribution in [-0.2, 0) is 0 Å². The summed E-state index contributed by atoms with van der Waals surface area (Å²) in [7, 11) is 0. The molecule has 1 aliphatic rings. The van der Waals surface area contributed by atoms with Crippen molar-refractivity contribution in [1.82, 2.24) is 15.2 Å². The molecule has 7 heteroatoms. The Kier molecular flexibility index (Phi) is 7.07. The molecule has 0 radical (unpaired) electrons. The highest BCUT2D eigenvalue weighted by atomic mass is 35.5. The molecule has 3 aromatic rings. The number of halogens is 2. The summed E-state index contributed by atoms with van der Waals surface area (Å²) in [5.41, 5.74) is 2.15. The quantitative estimate of drug-likeness (QED) is 0.498. The number of carbonyl (C=O) groups is 1. The number of likely N-dealkylation sites (tertiary alicyclic amines) is 1. The van der Waals surface area contributed by atoms with Crippen LogP contribution in [0.3, 0.4) is 0 Å². The number of amides is 1. The second-order valence-corrected chi connectivity index (χ2v) is 8.33. The van der Waals surface area contributed by atoms with E-state index in [9.17, 15) is 4.79 Å². The van der Waals surface area contributed by atoms with Crippen molar-refractivity contribution >= 4 is 29.1 Å². The van der Waals surface area contributed by atoms with E-state index in [1.165, 1.54) is 12.8 Å². The van der Waals surface area contributed by atoms with E-state index < -0.39 is 0 Å². The average molecular weight is 456 g/mol. The summed E-state index contributed by atoms with van der Waals surface area (Å²) in [5, 5.41) is 3.98. The summed E-state index contributed by atoms with van der Waals surface area (Å²) in [6.45, 7) is 3.78. The Morgan fingerprint density at radius 3 is 2.52 bits per heavy atom. The molecule has 1 aliphatic heterocycles. The highest BCUT2D eigenvalue weighted by Gasteiger charge is 2.12. The SMILES string of the molecule is O=C(NCCN1CCCC1)c1cccc(-c2cccc(Oc3cc(Cl)cc(Cl)c3)n2)c1. The zero-order valence-electron chi connectivity index (χ0n) is 17.0. The summed E-state index contributed by atoms with van der Waals surface area (Å²) >= 11 is 12.1. The third kappa shape index (κ3) is 5.97. The maximum absolute atomic E-state index is 12.6. The average Bonchev–Trinajstić information content (AvgIpc) is 3.27. The Morgan fingerprint density at radius 1 is 1.00 bits per heavy atom. The zero-order chi connectivity index (χ0) is 21.6. The van der Waals surface area contributed by atoms with Gasteiger partial charge in [-0.05, 0) is 62.3 Å². The minimum absolute atomic E-state index is 0.0815. The van der Waals surface area contributed by atoms with Gasteiger partial charge in [0.15, 0.2) is 0 Å². The molecule has 160 valence electrons. The lowest BCUT2D eigenvalue weighted by Crippen LogP contribution is -2.33. The first-order valence-electron chi connectivity index (χ1n) is 10.3. The summed E-state index contributed by atoms with van der Waals surface area (Å²) in [6.07, 6.45) is 2.49. The van der Waals surface area contributed by atoms with Gasteiger partial charge < -0.3 is 15.0 Å². The fourth-order valence-corrected chi connectivity index (χ4v) is 4.10. The van der Waals surface area contributed by atoms with Gasteiger partial charge in [0.2, 0.25) is 5.88 Å². The summed E-state index contributed by atoms with van der Waals surface area (Å²) < 4.78 is 5.82. The topological polar surface area (TPSA) is 54.5 Å². The number of nitrogens with zero attached hydrogens (tertiary/aromatic N) is 2. The van der Waals surface area contributed by atoms with Gasteiger partial charge in [0, 0.05) is 40.3 Å². The van der Waals surface area contributed by atoms with Gasteiger partial charge in [-0.25, -0.2) is 4.98 Å². The molecule has 0 bridgehead atoms. The van der Waals surface area contributed by atoms with Gasteiger partial charge in [-0.1, -0.05) is 41.4 Å². The van der Waals surface area contributed by atoms with E-state index in [4.69, 9.17) is 27.9 Å². The molecule has 5 nitrogen and oxygen atoms in total. The van der Waals surface area contributed by atoms with Crippen molar-refractivity contribution in [2.45, 2.75) is 12.8 Å². The maximum Gasteiger partial charge on any atom is 0.251 e. The van der Waals surface area contributed by atoms with Crippen LogP contribution in [0, 0.1) is 0 Å². The largest absolute Gasteiger partial charge is 0.439 e. The maximum atomic E-state index is 12.6. The Balaban J connectivity index is 1.44. The van der Waals surface area contributed by atoms with E-state index in [0.717, 1.165) is 25.2 Å². The standard InChI is InChI=1S/C24H23Cl2N3O2/c25-19-14-20(26)16-21(15-19)31-23-8-4-7-22(28-23)17-5-3-6-18(13-17)24(30)27-9-12-29-10-1-2-11-29/h3-8,13-16H,1-2,9-12H2,(H,27,30). The smallest absolute Gasteiger partial charge is 0.251 e. The van der Waals surface area contributed by atoms with Crippen molar-refractivity contribution in [3.8, 4) is 22.9 Å². The summed E-state index contributed by atoms with van der Waals surface area (Å²) in [6, 6.07) is 17.9. The van der Waals surface area contributed by atoms with Crippen LogP contribution in [0.5, 0.6) is 11.6 Å². The van der Waals surface area contributed by atoms with E-state index in [0.29, 0.717) is 39.5 Å². The highest BCUT2D eigenvalue weighted by molar-refractivity contribution is 6.34. The van der Waals surface area contributed by atoms with Crippen molar-refractivity contribution in [2.75, 3.05) is 26.2 Å². The molecule has 4 rings (SSSR count). The second-order valence-electron chi connectivity index (χ2n) is 7.45. The molecule has 0 aliphatic carbocycles. The number of benzene rings is 2. The van der Waals surface area contributed by atoms with Gasteiger partial charge in [-0.2, -0.15) is 0 Å². The van der Waals surface area contributed by atoms with Crippen molar-refractivity contribution in [2.24, 2.45) is 0 Å². The lowest BCUT2D eigenvalue weighted by atomic mass is 10.1. The normalized spacial score (nSPS) is 13.9. The number of nitrogens with one attached hydrogen (secondary N) is 1. The van der Waals surface area contributed by atoms with Crippen molar-refractivity contribution in [3.05, 3.63) is 76.3 Å². The Hall–Kier alpha value is -2.60. The van der Waals surface area contributed by atoms with Gasteiger partial charge in [-0.3, -0.25) is 4.79 Å². The number of aromatic nitrogens is 1. The molecule has 1 amide bonds. The van der Waals surface area contributed by atoms with E-state index in [1.807, 2.05) is 36.4 Å². The number of hydrogen-bond acceptors (Lipinski definition) is 4. The zero-order valence-corrected chi connectivity index (χ0v) is 18.5. The molecule has 1 saturated heterocycles. The van der Waals surface area contributed by atoms with E-state index in [2.05, 4.69) is 15.2 Å². The first-order chi connectivity index (χ1) is 15.1. The highest BCUT2D eigenvalue weighted by Crippen LogP contribution is 2.29. The summed E-state index contributed by atoms with van der Waals surface area (Å²) in [4.78, 5) is 19.5. The molecule has 1 N–H and O–H groups in total. The van der Waals surface area contributed by atoms with E-state index in [1.54, 1.807) is 24.3 Å². The Morgan fingerprint density at radius 2 is 1.74 bits per heavy atom. The monoisotopic (exact) mass is 455 g/mol. The Labute approximate surface area is 192 Å². The molecule has 0 spiro atoms. The molecule has 2 aromatic carbocycles. The number of hydrogen-bond donors (Lipinski definition) is 1. The fraction of sp³-hybridized carbons (Fsp3) is 0.250.